The highest BCUT2D eigenvalue weighted by atomic mass is 32.2. The minimum Gasteiger partial charge on any atom is -0.298 e. The molecule has 0 aromatic carbocycles. The maximum Gasteiger partial charge on any atom is 0.146 e. The number of carbonyl (C=O) groups is 1. The van der Waals surface area contributed by atoms with Gasteiger partial charge in [-0.3, -0.25) is 9.78 Å². The van der Waals surface area contributed by atoms with Gasteiger partial charge < -0.3 is 0 Å². The predicted octanol–water partition coefficient (Wildman–Crippen LogP) is 2.30. The molecule has 0 amide bonds. The van der Waals surface area contributed by atoms with Crippen LogP contribution in [0.4, 0.5) is 0 Å². The molecule has 1 fully saturated rings. The monoisotopic (exact) mass is 193 g/mol. The van der Waals surface area contributed by atoms with Crippen LogP contribution in [0.1, 0.15) is 19.3 Å². The zero-order chi connectivity index (χ0) is 9.10. The first-order valence-corrected chi connectivity index (χ1v) is 5.33. The van der Waals surface area contributed by atoms with Crippen LogP contribution in [0, 0.1) is 0 Å². The van der Waals surface area contributed by atoms with E-state index < -0.39 is 0 Å². The maximum atomic E-state index is 11.3. The van der Waals surface area contributed by atoms with Crippen molar-refractivity contribution in [3.05, 3.63) is 24.5 Å². The smallest absolute Gasteiger partial charge is 0.146 e. The molecular formula is C10H11NOS. The lowest BCUT2D eigenvalue weighted by atomic mass is 10.3. The molecule has 1 atom stereocenters. The van der Waals surface area contributed by atoms with E-state index in [2.05, 4.69) is 4.98 Å². The summed E-state index contributed by atoms with van der Waals surface area (Å²) in [4.78, 5) is 16.4. The Morgan fingerprint density at radius 1 is 1.38 bits per heavy atom. The van der Waals surface area contributed by atoms with Crippen LogP contribution in [0.25, 0.3) is 0 Å². The van der Waals surface area contributed by atoms with Gasteiger partial charge in [0.25, 0.3) is 0 Å². The van der Waals surface area contributed by atoms with Gasteiger partial charge in [-0.15, -0.1) is 11.8 Å². The fourth-order valence-electron chi connectivity index (χ4n) is 1.49. The number of carbonyl (C=O) groups excluding carboxylic acids is 1. The SMILES string of the molecule is O=C1CCCC1Sc1ccncc1. The number of ketones is 1. The lowest BCUT2D eigenvalue weighted by Crippen LogP contribution is -2.07. The molecule has 3 heteroatoms. The summed E-state index contributed by atoms with van der Waals surface area (Å²) >= 11 is 1.67. The van der Waals surface area contributed by atoms with Crippen molar-refractivity contribution in [3.63, 3.8) is 0 Å². The summed E-state index contributed by atoms with van der Waals surface area (Å²) < 4.78 is 0. The molecule has 68 valence electrons. The normalized spacial score (nSPS) is 22.2. The van der Waals surface area contributed by atoms with E-state index in [4.69, 9.17) is 0 Å². The Balaban J connectivity index is 2.02. The molecule has 13 heavy (non-hydrogen) atoms. The van der Waals surface area contributed by atoms with Gasteiger partial charge in [0, 0.05) is 23.7 Å². The number of nitrogens with zero attached hydrogens (tertiary/aromatic N) is 1. The van der Waals surface area contributed by atoms with Gasteiger partial charge in [0.15, 0.2) is 0 Å². The van der Waals surface area contributed by atoms with E-state index in [1.54, 1.807) is 24.2 Å². The summed E-state index contributed by atoms with van der Waals surface area (Å²) in [7, 11) is 0. The number of thioether (sulfide) groups is 1. The number of Topliss-reactive ketones (excluding diaryl/α,β-unsaturated/α-hetero) is 1. The van der Waals surface area contributed by atoms with Crippen molar-refractivity contribution in [1.82, 2.24) is 4.98 Å². The van der Waals surface area contributed by atoms with Crippen molar-refractivity contribution >= 4 is 17.5 Å². The van der Waals surface area contributed by atoms with Crippen molar-refractivity contribution < 1.29 is 4.79 Å². The lowest BCUT2D eigenvalue weighted by molar-refractivity contribution is -0.116. The third-order valence-corrected chi connectivity index (χ3v) is 3.50. The number of rotatable bonds is 2. The molecule has 2 rings (SSSR count). The van der Waals surface area contributed by atoms with Crippen molar-refractivity contribution in [2.45, 2.75) is 29.4 Å². The Kier molecular flexibility index (Phi) is 2.64. The van der Waals surface area contributed by atoms with Crippen LogP contribution in [-0.2, 0) is 4.79 Å². The molecular weight excluding hydrogens is 182 g/mol. The first-order valence-electron chi connectivity index (χ1n) is 4.45. The molecule has 0 N–H and O–H groups in total. The molecule has 1 aliphatic rings. The molecule has 1 unspecified atom stereocenters. The highest BCUT2D eigenvalue weighted by molar-refractivity contribution is 8.00. The molecule has 0 saturated heterocycles. The number of aromatic nitrogens is 1. The average Bonchev–Trinajstić information content (AvgIpc) is 2.54. The average molecular weight is 193 g/mol. The van der Waals surface area contributed by atoms with Crippen molar-refractivity contribution in [3.8, 4) is 0 Å². The van der Waals surface area contributed by atoms with E-state index >= 15 is 0 Å². The number of hydrogen-bond acceptors (Lipinski definition) is 3. The Hall–Kier alpha value is -0.830. The van der Waals surface area contributed by atoms with E-state index in [0.717, 1.165) is 24.2 Å². The molecule has 1 saturated carbocycles. The van der Waals surface area contributed by atoms with E-state index in [9.17, 15) is 4.79 Å². The maximum absolute atomic E-state index is 11.3. The number of pyridine rings is 1. The number of hydrogen-bond donors (Lipinski definition) is 0. The summed E-state index contributed by atoms with van der Waals surface area (Å²) in [6, 6.07) is 3.91. The summed E-state index contributed by atoms with van der Waals surface area (Å²) in [5.74, 6) is 0.404. The highest BCUT2D eigenvalue weighted by Crippen LogP contribution is 2.31. The second-order valence-corrected chi connectivity index (χ2v) is 4.42. The van der Waals surface area contributed by atoms with Crippen LogP contribution >= 0.6 is 11.8 Å². The Labute approximate surface area is 81.8 Å². The molecule has 1 heterocycles. The van der Waals surface area contributed by atoms with Crippen LogP contribution in [0.2, 0.25) is 0 Å². The molecule has 0 radical (unpaired) electrons. The molecule has 1 aromatic heterocycles. The quantitative estimate of drug-likeness (QED) is 0.722. The topological polar surface area (TPSA) is 30.0 Å². The van der Waals surface area contributed by atoms with Crippen molar-refractivity contribution in [1.29, 1.82) is 0 Å². The van der Waals surface area contributed by atoms with Gasteiger partial charge in [-0.1, -0.05) is 0 Å². The van der Waals surface area contributed by atoms with E-state index in [1.807, 2.05) is 12.1 Å². The first-order chi connectivity index (χ1) is 6.36. The summed E-state index contributed by atoms with van der Waals surface area (Å²) in [5, 5.41) is 0.197. The third-order valence-electron chi connectivity index (χ3n) is 2.18. The Bertz CT molecular complexity index is 299. The van der Waals surface area contributed by atoms with E-state index in [1.165, 1.54) is 0 Å². The molecule has 1 aromatic rings. The molecule has 0 aliphatic heterocycles. The van der Waals surface area contributed by atoms with Crippen molar-refractivity contribution in [2.75, 3.05) is 0 Å². The zero-order valence-electron chi connectivity index (χ0n) is 7.27. The summed E-state index contributed by atoms with van der Waals surface area (Å²) in [6.07, 6.45) is 6.39. The molecule has 0 spiro atoms. The zero-order valence-corrected chi connectivity index (χ0v) is 8.09. The summed E-state index contributed by atoms with van der Waals surface area (Å²) in [5.41, 5.74) is 0. The summed E-state index contributed by atoms with van der Waals surface area (Å²) in [6.45, 7) is 0. The van der Waals surface area contributed by atoms with E-state index in [-0.39, 0.29) is 5.25 Å². The van der Waals surface area contributed by atoms with Crippen LogP contribution in [0.5, 0.6) is 0 Å². The van der Waals surface area contributed by atoms with Gasteiger partial charge in [0.2, 0.25) is 0 Å². The second kappa shape index (κ2) is 3.92. The van der Waals surface area contributed by atoms with Crippen molar-refractivity contribution in [2.24, 2.45) is 0 Å². The van der Waals surface area contributed by atoms with Crippen LogP contribution in [0.3, 0.4) is 0 Å². The molecule has 1 aliphatic carbocycles. The Morgan fingerprint density at radius 3 is 2.77 bits per heavy atom. The van der Waals surface area contributed by atoms with Crippen LogP contribution in [0.15, 0.2) is 29.4 Å². The van der Waals surface area contributed by atoms with Gasteiger partial charge in [-0.25, -0.2) is 0 Å². The molecule has 2 nitrogen and oxygen atoms in total. The fraction of sp³-hybridized carbons (Fsp3) is 0.400. The standard InChI is InChI=1S/C10H11NOS/c12-9-2-1-3-10(9)13-8-4-6-11-7-5-8/h4-7,10H,1-3H2. The van der Waals surface area contributed by atoms with Gasteiger partial charge >= 0.3 is 0 Å². The molecule has 0 bridgehead atoms. The largest absolute Gasteiger partial charge is 0.298 e. The predicted molar refractivity (Wildman–Crippen MR) is 52.7 cm³/mol. The minimum atomic E-state index is 0.197. The lowest BCUT2D eigenvalue weighted by Gasteiger charge is -2.06. The van der Waals surface area contributed by atoms with Gasteiger partial charge in [0.1, 0.15) is 5.78 Å². The highest BCUT2D eigenvalue weighted by Gasteiger charge is 2.24. The minimum absolute atomic E-state index is 0.197. The third kappa shape index (κ3) is 2.10. The fourth-order valence-corrected chi connectivity index (χ4v) is 2.63. The van der Waals surface area contributed by atoms with Crippen LogP contribution < -0.4 is 0 Å². The van der Waals surface area contributed by atoms with Gasteiger partial charge in [0.05, 0.1) is 5.25 Å². The van der Waals surface area contributed by atoms with Crippen LogP contribution in [-0.4, -0.2) is 16.0 Å². The van der Waals surface area contributed by atoms with Gasteiger partial charge in [-0.05, 0) is 25.0 Å². The Morgan fingerprint density at radius 2 is 2.15 bits per heavy atom. The first kappa shape index (κ1) is 8.75. The second-order valence-electron chi connectivity index (χ2n) is 3.15. The van der Waals surface area contributed by atoms with Gasteiger partial charge in [-0.2, -0.15) is 0 Å². The van der Waals surface area contributed by atoms with E-state index in [0.29, 0.717) is 5.78 Å².